The van der Waals surface area contributed by atoms with Crippen LogP contribution in [0.5, 0.6) is 0 Å². The highest BCUT2D eigenvalue weighted by Gasteiger charge is 2.27. The van der Waals surface area contributed by atoms with E-state index < -0.39 is 0 Å². The predicted molar refractivity (Wildman–Crippen MR) is 86.8 cm³/mol. The van der Waals surface area contributed by atoms with Gasteiger partial charge in [-0.3, -0.25) is 4.79 Å². The molecule has 0 aromatic carbocycles. The smallest absolute Gasteiger partial charge is 0.225 e. The fourth-order valence-electron chi connectivity index (χ4n) is 3.22. The van der Waals surface area contributed by atoms with Gasteiger partial charge in [0, 0.05) is 19.5 Å². The second-order valence-electron chi connectivity index (χ2n) is 6.57. The lowest BCUT2D eigenvalue weighted by Gasteiger charge is -2.09. The number of unbranched alkanes of at least 4 members (excludes halogenated alkanes) is 10. The third kappa shape index (κ3) is 7.31. The largest absolute Gasteiger partial charge is 0.345 e. The molecule has 1 aliphatic rings. The Morgan fingerprint density at radius 3 is 1.85 bits per heavy atom. The van der Waals surface area contributed by atoms with Gasteiger partial charge >= 0.3 is 0 Å². The van der Waals surface area contributed by atoms with E-state index in [-0.39, 0.29) is 0 Å². The minimum Gasteiger partial charge on any atom is -0.345 e. The Morgan fingerprint density at radius 2 is 1.40 bits per heavy atom. The maximum Gasteiger partial charge on any atom is 0.225 e. The third-order valence-corrected chi connectivity index (χ3v) is 4.69. The van der Waals surface area contributed by atoms with Gasteiger partial charge in [-0.05, 0) is 12.8 Å². The van der Waals surface area contributed by atoms with Gasteiger partial charge in [-0.25, -0.2) is 0 Å². The first kappa shape index (κ1) is 17.5. The molecule has 0 N–H and O–H groups in total. The van der Waals surface area contributed by atoms with Crippen LogP contribution in [0.4, 0.5) is 0 Å². The molecular weight excluding hydrogens is 246 g/mol. The molecule has 20 heavy (non-hydrogen) atoms. The average molecular weight is 281 g/mol. The summed E-state index contributed by atoms with van der Waals surface area (Å²) in [6.07, 6.45) is 17.4. The van der Waals surface area contributed by atoms with E-state index in [1.807, 2.05) is 11.9 Å². The Kier molecular flexibility index (Phi) is 9.78. The molecule has 1 unspecified atom stereocenters. The minimum absolute atomic E-state index is 0.346. The van der Waals surface area contributed by atoms with Crippen LogP contribution in [0.25, 0.3) is 0 Å². The number of hydrogen-bond donors (Lipinski definition) is 0. The molecule has 2 heteroatoms. The summed E-state index contributed by atoms with van der Waals surface area (Å²) in [7, 11) is 1.93. The van der Waals surface area contributed by atoms with Gasteiger partial charge in [0.25, 0.3) is 0 Å². The summed E-state index contributed by atoms with van der Waals surface area (Å²) < 4.78 is 0. The fourth-order valence-corrected chi connectivity index (χ4v) is 3.22. The molecule has 1 aliphatic heterocycles. The Bertz CT molecular complexity index is 252. The van der Waals surface area contributed by atoms with Gasteiger partial charge in [0.1, 0.15) is 0 Å². The van der Waals surface area contributed by atoms with E-state index in [0.29, 0.717) is 11.8 Å². The molecule has 1 heterocycles. The number of hydrogen-bond acceptors (Lipinski definition) is 1. The van der Waals surface area contributed by atoms with Gasteiger partial charge in [0.2, 0.25) is 5.91 Å². The van der Waals surface area contributed by atoms with Crippen molar-refractivity contribution in [3.8, 4) is 0 Å². The highest BCUT2D eigenvalue weighted by molar-refractivity contribution is 5.80. The van der Waals surface area contributed by atoms with Crippen molar-refractivity contribution in [1.82, 2.24) is 4.90 Å². The van der Waals surface area contributed by atoms with Crippen molar-refractivity contribution in [2.45, 2.75) is 90.4 Å². The average Bonchev–Trinajstić information content (AvgIpc) is 2.76. The number of nitrogens with zero attached hydrogens (tertiary/aromatic N) is 1. The first-order valence-corrected chi connectivity index (χ1v) is 9.00. The van der Waals surface area contributed by atoms with Gasteiger partial charge in [0.15, 0.2) is 0 Å². The van der Waals surface area contributed by atoms with E-state index in [9.17, 15) is 4.79 Å². The van der Waals surface area contributed by atoms with Crippen LogP contribution in [0.1, 0.15) is 90.4 Å². The molecule has 0 bridgehead atoms. The Balaban J connectivity index is 1.80. The zero-order valence-electron chi connectivity index (χ0n) is 13.8. The maximum atomic E-state index is 11.7. The van der Waals surface area contributed by atoms with Crippen molar-refractivity contribution in [2.75, 3.05) is 13.6 Å². The molecule has 1 fully saturated rings. The summed E-state index contributed by atoms with van der Waals surface area (Å²) in [5, 5.41) is 0. The van der Waals surface area contributed by atoms with Crippen LogP contribution in [0.15, 0.2) is 0 Å². The second-order valence-corrected chi connectivity index (χ2v) is 6.57. The number of amides is 1. The van der Waals surface area contributed by atoms with Gasteiger partial charge in [-0.15, -0.1) is 0 Å². The van der Waals surface area contributed by atoms with Crippen LogP contribution in [-0.2, 0) is 4.79 Å². The third-order valence-electron chi connectivity index (χ3n) is 4.69. The van der Waals surface area contributed by atoms with Crippen molar-refractivity contribution in [3.63, 3.8) is 0 Å². The van der Waals surface area contributed by atoms with Crippen molar-refractivity contribution < 1.29 is 4.79 Å². The van der Waals surface area contributed by atoms with E-state index >= 15 is 0 Å². The van der Waals surface area contributed by atoms with Crippen molar-refractivity contribution in [2.24, 2.45) is 5.92 Å². The van der Waals surface area contributed by atoms with Gasteiger partial charge in [-0.2, -0.15) is 0 Å². The molecule has 0 radical (unpaired) electrons. The van der Waals surface area contributed by atoms with Gasteiger partial charge in [-0.1, -0.05) is 77.6 Å². The molecule has 0 aromatic rings. The summed E-state index contributed by atoms with van der Waals surface area (Å²) in [6.45, 7) is 3.25. The van der Waals surface area contributed by atoms with Gasteiger partial charge in [0.05, 0.1) is 0 Å². The maximum absolute atomic E-state index is 11.7. The standard InChI is InChI=1S/C18H35NO/c1-3-4-5-6-7-8-9-10-11-12-13-14-17-15-16-19(2)18(17)20/h17H,3-16H2,1-2H3. The molecular formula is C18H35NO. The molecule has 1 atom stereocenters. The monoisotopic (exact) mass is 281 g/mol. The van der Waals surface area contributed by atoms with E-state index in [0.717, 1.165) is 19.4 Å². The lowest BCUT2D eigenvalue weighted by molar-refractivity contribution is -0.130. The molecule has 2 nitrogen and oxygen atoms in total. The predicted octanol–water partition coefficient (Wildman–Crippen LogP) is 5.17. The number of likely N-dealkylation sites (tertiary alicyclic amines) is 1. The number of carbonyl (C=O) groups excluding carboxylic acids is 1. The summed E-state index contributed by atoms with van der Waals surface area (Å²) in [6, 6.07) is 0. The number of rotatable bonds is 12. The van der Waals surface area contributed by atoms with E-state index in [4.69, 9.17) is 0 Å². The second kappa shape index (κ2) is 11.2. The first-order chi connectivity index (χ1) is 9.75. The first-order valence-electron chi connectivity index (χ1n) is 9.00. The van der Waals surface area contributed by atoms with Crippen molar-refractivity contribution in [3.05, 3.63) is 0 Å². The van der Waals surface area contributed by atoms with Crippen LogP contribution in [0.2, 0.25) is 0 Å². The van der Waals surface area contributed by atoms with Crippen LogP contribution in [0.3, 0.4) is 0 Å². The highest BCUT2D eigenvalue weighted by Crippen LogP contribution is 2.22. The Hall–Kier alpha value is -0.530. The highest BCUT2D eigenvalue weighted by atomic mass is 16.2. The van der Waals surface area contributed by atoms with E-state index in [1.54, 1.807) is 0 Å². The summed E-state index contributed by atoms with van der Waals surface area (Å²) >= 11 is 0. The number of carbonyl (C=O) groups is 1. The van der Waals surface area contributed by atoms with Crippen LogP contribution >= 0.6 is 0 Å². The van der Waals surface area contributed by atoms with Crippen LogP contribution in [-0.4, -0.2) is 24.4 Å². The molecule has 1 rings (SSSR count). The van der Waals surface area contributed by atoms with Crippen molar-refractivity contribution >= 4 is 5.91 Å². The zero-order chi connectivity index (χ0) is 14.6. The zero-order valence-corrected chi connectivity index (χ0v) is 13.8. The lowest BCUT2D eigenvalue weighted by Crippen LogP contribution is -2.22. The molecule has 0 saturated carbocycles. The Labute approximate surface area is 126 Å². The van der Waals surface area contributed by atoms with E-state index in [2.05, 4.69) is 6.92 Å². The quantitative estimate of drug-likeness (QED) is 0.452. The Morgan fingerprint density at radius 1 is 0.900 bits per heavy atom. The lowest BCUT2D eigenvalue weighted by atomic mass is 9.98. The fraction of sp³-hybridized carbons (Fsp3) is 0.944. The minimum atomic E-state index is 0.346. The summed E-state index contributed by atoms with van der Waals surface area (Å²) in [4.78, 5) is 13.6. The summed E-state index contributed by atoms with van der Waals surface area (Å²) in [5.41, 5.74) is 0. The topological polar surface area (TPSA) is 20.3 Å². The molecule has 1 saturated heterocycles. The van der Waals surface area contributed by atoms with Crippen LogP contribution in [0, 0.1) is 5.92 Å². The van der Waals surface area contributed by atoms with Crippen molar-refractivity contribution in [1.29, 1.82) is 0 Å². The molecule has 0 spiro atoms. The molecule has 118 valence electrons. The summed E-state index contributed by atoms with van der Waals surface area (Å²) in [5.74, 6) is 0.732. The SMILES string of the molecule is CCCCCCCCCCCCCC1CCN(C)C1=O. The van der Waals surface area contributed by atoms with Crippen LogP contribution < -0.4 is 0 Å². The molecule has 1 amide bonds. The normalized spacial score (nSPS) is 19.0. The molecule has 0 aliphatic carbocycles. The van der Waals surface area contributed by atoms with E-state index in [1.165, 1.54) is 70.6 Å². The van der Waals surface area contributed by atoms with Gasteiger partial charge < -0.3 is 4.90 Å². The molecule has 0 aromatic heterocycles.